The lowest BCUT2D eigenvalue weighted by Gasteiger charge is -2.06. The summed E-state index contributed by atoms with van der Waals surface area (Å²) in [5, 5.41) is 9.93. The van der Waals surface area contributed by atoms with Crippen molar-refractivity contribution in [3.05, 3.63) is 52.1 Å². The first-order valence-corrected chi connectivity index (χ1v) is 6.80. The fourth-order valence-electron chi connectivity index (χ4n) is 1.43. The molecule has 3 nitrogen and oxygen atoms in total. The molecule has 0 radical (unpaired) electrons. The summed E-state index contributed by atoms with van der Waals surface area (Å²) in [6.45, 7) is 1.98. The number of hydrogen-bond acceptors (Lipinski definition) is 3. The quantitative estimate of drug-likeness (QED) is 0.927. The molecule has 0 bridgehead atoms. The molecule has 0 spiro atoms. The molecule has 1 aromatic carbocycles. The van der Waals surface area contributed by atoms with Crippen LogP contribution in [0.2, 0.25) is 0 Å². The van der Waals surface area contributed by atoms with Gasteiger partial charge in [-0.3, -0.25) is 0 Å². The van der Waals surface area contributed by atoms with Crippen LogP contribution in [0.3, 0.4) is 0 Å². The van der Waals surface area contributed by atoms with Gasteiger partial charge in [0.05, 0.1) is 5.56 Å². The Morgan fingerprint density at radius 1 is 1.33 bits per heavy atom. The Morgan fingerprint density at radius 3 is 2.78 bits per heavy atom. The number of nitrogens with zero attached hydrogens (tertiary/aromatic N) is 1. The van der Waals surface area contributed by atoms with Gasteiger partial charge in [-0.2, -0.15) is 0 Å². The normalized spacial score (nSPS) is 10.3. The van der Waals surface area contributed by atoms with Crippen LogP contribution in [-0.2, 0) is 0 Å². The largest absolute Gasteiger partial charge is 0.478 e. The van der Waals surface area contributed by atoms with Gasteiger partial charge in [0.1, 0.15) is 5.03 Å². The summed E-state index contributed by atoms with van der Waals surface area (Å²) in [6.07, 6.45) is 1.72. The second-order valence-corrected chi connectivity index (χ2v) is 5.70. The third kappa shape index (κ3) is 3.11. The maximum atomic E-state index is 11.1. The highest BCUT2D eigenvalue weighted by Crippen LogP contribution is 2.31. The van der Waals surface area contributed by atoms with Crippen LogP contribution in [0.25, 0.3) is 0 Å². The summed E-state index contributed by atoms with van der Waals surface area (Å²) in [5.41, 5.74) is 1.38. The summed E-state index contributed by atoms with van der Waals surface area (Å²) in [4.78, 5) is 16.0. The minimum atomic E-state index is -0.933. The molecule has 1 aromatic heterocycles. The second-order valence-electron chi connectivity index (χ2n) is 3.72. The first-order valence-electron chi connectivity index (χ1n) is 5.19. The predicted octanol–water partition coefficient (Wildman–Crippen LogP) is 4.00. The molecule has 5 heteroatoms. The Balaban J connectivity index is 2.39. The van der Waals surface area contributed by atoms with Gasteiger partial charge in [0.25, 0.3) is 0 Å². The number of pyridine rings is 1. The highest BCUT2D eigenvalue weighted by Gasteiger charge is 2.12. The molecule has 1 N–H and O–H groups in total. The smallest absolute Gasteiger partial charge is 0.336 e. The summed E-state index contributed by atoms with van der Waals surface area (Å²) in [7, 11) is 0. The summed E-state index contributed by atoms with van der Waals surface area (Å²) in [6, 6.07) is 8.93. The summed E-state index contributed by atoms with van der Waals surface area (Å²) >= 11 is 4.70. The number of rotatable bonds is 3. The van der Waals surface area contributed by atoms with E-state index in [0.717, 1.165) is 15.1 Å². The van der Waals surface area contributed by atoms with Gasteiger partial charge in [0.15, 0.2) is 0 Å². The number of carboxylic acid groups (broad SMARTS) is 1. The second kappa shape index (κ2) is 5.54. The predicted molar refractivity (Wildman–Crippen MR) is 74.2 cm³/mol. The van der Waals surface area contributed by atoms with E-state index >= 15 is 0 Å². The molecule has 0 aliphatic heterocycles. The van der Waals surface area contributed by atoms with Gasteiger partial charge in [-0.05, 0) is 42.8 Å². The summed E-state index contributed by atoms with van der Waals surface area (Å²) in [5.74, 6) is -0.933. The maximum Gasteiger partial charge on any atom is 0.336 e. The lowest BCUT2D eigenvalue weighted by molar-refractivity contribution is 0.0693. The van der Waals surface area contributed by atoms with Gasteiger partial charge >= 0.3 is 5.97 Å². The highest BCUT2D eigenvalue weighted by molar-refractivity contribution is 9.10. The van der Waals surface area contributed by atoms with Crippen molar-refractivity contribution in [3.63, 3.8) is 0 Å². The van der Waals surface area contributed by atoms with Crippen LogP contribution in [0.15, 0.2) is 50.9 Å². The van der Waals surface area contributed by atoms with Crippen molar-refractivity contribution >= 4 is 33.7 Å². The lowest BCUT2D eigenvalue weighted by Crippen LogP contribution is -1.98. The monoisotopic (exact) mass is 323 g/mol. The Kier molecular flexibility index (Phi) is 4.04. The number of carboxylic acids is 1. The molecule has 0 aliphatic carbocycles. The molecule has 0 fully saturated rings. The van der Waals surface area contributed by atoms with E-state index in [1.165, 1.54) is 11.8 Å². The maximum absolute atomic E-state index is 11.1. The SMILES string of the molecule is Cc1ccnc(Sc2cc(Br)ccc2C(=O)O)c1. The van der Waals surface area contributed by atoms with Crippen LogP contribution in [0.1, 0.15) is 15.9 Å². The molecule has 0 aliphatic rings. The minimum absolute atomic E-state index is 0.284. The standard InChI is InChI=1S/C13H10BrNO2S/c1-8-4-5-15-12(6-8)18-11-7-9(14)2-3-10(11)13(16)17/h2-7H,1H3,(H,16,17). The molecule has 0 atom stereocenters. The third-order valence-electron chi connectivity index (χ3n) is 2.28. The van der Waals surface area contributed by atoms with Crippen molar-refractivity contribution in [1.82, 2.24) is 4.98 Å². The number of aromatic nitrogens is 1. The van der Waals surface area contributed by atoms with Gasteiger partial charge in [0.2, 0.25) is 0 Å². The van der Waals surface area contributed by atoms with E-state index in [1.807, 2.05) is 19.1 Å². The van der Waals surface area contributed by atoms with Crippen molar-refractivity contribution < 1.29 is 9.90 Å². The van der Waals surface area contributed by atoms with Crippen LogP contribution in [-0.4, -0.2) is 16.1 Å². The molecule has 0 saturated carbocycles. The number of aryl methyl sites for hydroxylation is 1. The van der Waals surface area contributed by atoms with Crippen molar-refractivity contribution in [2.75, 3.05) is 0 Å². The molecule has 0 unspecified atom stereocenters. The van der Waals surface area contributed by atoms with E-state index in [2.05, 4.69) is 20.9 Å². The zero-order valence-electron chi connectivity index (χ0n) is 9.55. The molecule has 0 saturated heterocycles. The molecular weight excluding hydrogens is 314 g/mol. The van der Waals surface area contributed by atoms with Crippen molar-refractivity contribution in [2.45, 2.75) is 16.8 Å². The van der Waals surface area contributed by atoms with E-state index in [9.17, 15) is 4.79 Å². The molecular formula is C13H10BrNO2S. The molecule has 0 amide bonds. The number of halogens is 1. The molecule has 2 aromatic rings. The average Bonchev–Trinajstić information content (AvgIpc) is 2.28. The van der Waals surface area contributed by atoms with Crippen LogP contribution in [0, 0.1) is 6.92 Å². The Labute approximate surface area is 117 Å². The van der Waals surface area contributed by atoms with Crippen molar-refractivity contribution in [3.8, 4) is 0 Å². The fourth-order valence-corrected chi connectivity index (χ4v) is 2.98. The van der Waals surface area contributed by atoms with Crippen LogP contribution in [0.5, 0.6) is 0 Å². The third-order valence-corrected chi connectivity index (χ3v) is 3.76. The molecule has 92 valence electrons. The zero-order chi connectivity index (χ0) is 13.1. The number of hydrogen-bond donors (Lipinski definition) is 1. The summed E-state index contributed by atoms with van der Waals surface area (Å²) < 4.78 is 0.850. The van der Waals surface area contributed by atoms with Gasteiger partial charge in [-0.15, -0.1) is 0 Å². The molecule has 1 heterocycles. The average molecular weight is 324 g/mol. The lowest BCUT2D eigenvalue weighted by atomic mass is 10.2. The van der Waals surface area contributed by atoms with E-state index in [0.29, 0.717) is 4.90 Å². The number of carbonyl (C=O) groups is 1. The van der Waals surface area contributed by atoms with Gasteiger partial charge in [-0.25, -0.2) is 9.78 Å². The number of aromatic carboxylic acids is 1. The van der Waals surface area contributed by atoms with E-state index in [4.69, 9.17) is 5.11 Å². The van der Waals surface area contributed by atoms with E-state index in [1.54, 1.807) is 24.4 Å². The Hall–Kier alpha value is -1.33. The first kappa shape index (κ1) is 13.1. The van der Waals surface area contributed by atoms with Crippen molar-refractivity contribution in [2.24, 2.45) is 0 Å². The van der Waals surface area contributed by atoms with Gasteiger partial charge < -0.3 is 5.11 Å². The molecule has 18 heavy (non-hydrogen) atoms. The number of benzene rings is 1. The van der Waals surface area contributed by atoms with Crippen LogP contribution in [0.4, 0.5) is 0 Å². The van der Waals surface area contributed by atoms with Crippen LogP contribution >= 0.6 is 27.7 Å². The Morgan fingerprint density at radius 2 is 2.11 bits per heavy atom. The van der Waals surface area contributed by atoms with Gasteiger partial charge in [-0.1, -0.05) is 27.7 Å². The van der Waals surface area contributed by atoms with Crippen molar-refractivity contribution in [1.29, 1.82) is 0 Å². The molecule has 2 rings (SSSR count). The van der Waals surface area contributed by atoms with Crippen LogP contribution < -0.4 is 0 Å². The minimum Gasteiger partial charge on any atom is -0.478 e. The van der Waals surface area contributed by atoms with Gasteiger partial charge in [0, 0.05) is 15.6 Å². The van der Waals surface area contributed by atoms with E-state index in [-0.39, 0.29) is 5.56 Å². The topological polar surface area (TPSA) is 50.2 Å². The zero-order valence-corrected chi connectivity index (χ0v) is 12.0. The Bertz CT molecular complexity index is 601. The fraction of sp³-hybridized carbons (Fsp3) is 0.0769. The van der Waals surface area contributed by atoms with E-state index < -0.39 is 5.97 Å². The first-order chi connectivity index (χ1) is 8.56. The highest BCUT2D eigenvalue weighted by atomic mass is 79.9.